The maximum Gasteiger partial charge on any atom is 0.339 e. The molecule has 1 heterocycles. The normalized spacial score (nSPS) is 15.0. The van der Waals surface area contributed by atoms with E-state index in [1.807, 2.05) is 32.6 Å². The molecular weight excluding hydrogens is 362 g/mol. The van der Waals surface area contributed by atoms with Gasteiger partial charge in [0.1, 0.15) is 5.69 Å². The molecule has 1 aliphatic rings. The first-order valence-corrected chi connectivity index (χ1v) is 9.70. The number of nitro benzene ring substituents is 1. The van der Waals surface area contributed by atoms with Gasteiger partial charge < -0.3 is 14.5 Å². The molecular formula is C20H29N3O5. The highest BCUT2D eigenvalue weighted by molar-refractivity contribution is 5.93. The zero-order valence-corrected chi connectivity index (χ0v) is 17.2. The Morgan fingerprint density at radius 2 is 1.68 bits per heavy atom. The number of hydrogen-bond donors (Lipinski definition) is 0. The maximum absolute atomic E-state index is 12.6. The highest BCUT2D eigenvalue weighted by Gasteiger charge is 2.29. The highest BCUT2D eigenvalue weighted by atomic mass is 16.6. The molecule has 0 aromatic heterocycles. The first kappa shape index (κ1) is 21.7. The SMILES string of the molecule is CC(OC(=O)c1ccc(N2CCCC2)c([N+](=O)[O-])c1)C(=O)N(C(C)C)C(C)C. The van der Waals surface area contributed by atoms with E-state index in [4.69, 9.17) is 4.74 Å². The molecule has 28 heavy (non-hydrogen) atoms. The average Bonchev–Trinajstić information content (AvgIpc) is 3.14. The molecule has 154 valence electrons. The quantitative estimate of drug-likeness (QED) is 0.402. The summed E-state index contributed by atoms with van der Waals surface area (Å²) in [6.07, 6.45) is 1.00. The van der Waals surface area contributed by atoms with Crippen LogP contribution in [0.3, 0.4) is 0 Å². The van der Waals surface area contributed by atoms with Crippen molar-refractivity contribution in [3.63, 3.8) is 0 Å². The number of anilines is 1. The summed E-state index contributed by atoms with van der Waals surface area (Å²) >= 11 is 0. The Morgan fingerprint density at radius 1 is 1.11 bits per heavy atom. The first-order valence-electron chi connectivity index (χ1n) is 9.70. The van der Waals surface area contributed by atoms with Crippen LogP contribution in [0, 0.1) is 10.1 Å². The molecule has 1 atom stereocenters. The van der Waals surface area contributed by atoms with E-state index in [0.717, 1.165) is 25.9 Å². The predicted octanol–water partition coefficient (Wildman–Crippen LogP) is 3.39. The molecule has 2 rings (SSSR count). The number of benzene rings is 1. The number of esters is 1. The fourth-order valence-electron chi connectivity index (χ4n) is 3.62. The van der Waals surface area contributed by atoms with Gasteiger partial charge in [-0.1, -0.05) is 0 Å². The molecule has 1 aliphatic heterocycles. The lowest BCUT2D eigenvalue weighted by molar-refractivity contribution is -0.384. The number of nitrogens with zero attached hydrogens (tertiary/aromatic N) is 3. The van der Waals surface area contributed by atoms with Crippen LogP contribution in [0.25, 0.3) is 0 Å². The number of amides is 1. The summed E-state index contributed by atoms with van der Waals surface area (Å²) in [5, 5.41) is 11.5. The summed E-state index contributed by atoms with van der Waals surface area (Å²) in [6, 6.07) is 4.27. The Bertz CT molecular complexity index is 733. The van der Waals surface area contributed by atoms with Crippen molar-refractivity contribution in [2.45, 2.75) is 65.6 Å². The summed E-state index contributed by atoms with van der Waals surface area (Å²) in [5.74, 6) is -1.04. The lowest BCUT2D eigenvalue weighted by atomic mass is 10.1. The van der Waals surface area contributed by atoms with Gasteiger partial charge >= 0.3 is 5.97 Å². The van der Waals surface area contributed by atoms with Crippen molar-refractivity contribution in [1.29, 1.82) is 0 Å². The third kappa shape index (κ3) is 4.79. The Balaban J connectivity index is 2.18. The fraction of sp³-hybridized carbons (Fsp3) is 0.600. The molecule has 0 radical (unpaired) electrons. The minimum absolute atomic E-state index is 0.0329. The van der Waals surface area contributed by atoms with Gasteiger partial charge in [-0.3, -0.25) is 14.9 Å². The minimum Gasteiger partial charge on any atom is -0.449 e. The molecule has 0 spiro atoms. The van der Waals surface area contributed by atoms with Crippen LogP contribution < -0.4 is 4.90 Å². The summed E-state index contributed by atoms with van der Waals surface area (Å²) < 4.78 is 5.31. The molecule has 1 aromatic rings. The summed E-state index contributed by atoms with van der Waals surface area (Å²) in [5.41, 5.74) is 0.449. The second-order valence-corrected chi connectivity index (χ2v) is 7.64. The van der Waals surface area contributed by atoms with E-state index in [1.54, 1.807) is 11.0 Å². The molecule has 8 nitrogen and oxygen atoms in total. The van der Waals surface area contributed by atoms with Crippen LogP contribution in [0.15, 0.2) is 18.2 Å². The van der Waals surface area contributed by atoms with Crippen molar-refractivity contribution in [2.75, 3.05) is 18.0 Å². The molecule has 8 heteroatoms. The molecule has 0 aliphatic carbocycles. The van der Waals surface area contributed by atoms with E-state index in [0.29, 0.717) is 5.69 Å². The maximum atomic E-state index is 12.6. The van der Waals surface area contributed by atoms with Crippen molar-refractivity contribution >= 4 is 23.3 Å². The van der Waals surface area contributed by atoms with Crippen LogP contribution >= 0.6 is 0 Å². The Labute approximate surface area is 165 Å². The Kier molecular flexibility index (Phi) is 6.99. The standard InChI is InChI=1S/C20H29N3O5/c1-13(2)22(14(3)4)19(24)15(5)28-20(25)16-8-9-17(18(12-16)23(26)27)21-10-6-7-11-21/h8-9,12-15H,6-7,10-11H2,1-5H3. The number of hydrogen-bond acceptors (Lipinski definition) is 6. The van der Waals surface area contributed by atoms with Gasteiger partial charge in [-0.05, 0) is 59.6 Å². The Morgan fingerprint density at radius 3 is 2.18 bits per heavy atom. The molecule has 1 aromatic carbocycles. The second kappa shape index (κ2) is 9.03. The lowest BCUT2D eigenvalue weighted by Gasteiger charge is -2.32. The number of ether oxygens (including phenoxy) is 1. The second-order valence-electron chi connectivity index (χ2n) is 7.64. The van der Waals surface area contributed by atoms with Crippen molar-refractivity contribution < 1.29 is 19.2 Å². The van der Waals surface area contributed by atoms with Crippen molar-refractivity contribution in [3.8, 4) is 0 Å². The van der Waals surface area contributed by atoms with E-state index >= 15 is 0 Å². The monoisotopic (exact) mass is 391 g/mol. The van der Waals surface area contributed by atoms with Crippen molar-refractivity contribution in [1.82, 2.24) is 4.90 Å². The van der Waals surface area contributed by atoms with E-state index in [-0.39, 0.29) is 29.2 Å². The van der Waals surface area contributed by atoms with Crippen LogP contribution in [0.2, 0.25) is 0 Å². The third-order valence-corrected chi connectivity index (χ3v) is 4.85. The van der Waals surface area contributed by atoms with Crippen LogP contribution in [0.4, 0.5) is 11.4 Å². The molecule has 1 saturated heterocycles. The highest BCUT2D eigenvalue weighted by Crippen LogP contribution is 2.32. The molecule has 0 N–H and O–H groups in total. The summed E-state index contributed by atoms with van der Waals surface area (Å²) in [6.45, 7) is 10.6. The van der Waals surface area contributed by atoms with Crippen LogP contribution in [-0.4, -0.2) is 53.0 Å². The average molecular weight is 391 g/mol. The van der Waals surface area contributed by atoms with E-state index in [9.17, 15) is 19.7 Å². The van der Waals surface area contributed by atoms with Crippen molar-refractivity contribution in [3.05, 3.63) is 33.9 Å². The molecule has 1 fully saturated rings. The predicted molar refractivity (Wildman–Crippen MR) is 107 cm³/mol. The van der Waals surface area contributed by atoms with E-state index in [1.165, 1.54) is 19.1 Å². The number of carbonyl (C=O) groups excluding carboxylic acids is 2. The van der Waals surface area contributed by atoms with Gasteiger partial charge in [0.15, 0.2) is 6.10 Å². The summed E-state index contributed by atoms with van der Waals surface area (Å²) in [7, 11) is 0. The van der Waals surface area contributed by atoms with Gasteiger partial charge in [0.25, 0.3) is 11.6 Å². The van der Waals surface area contributed by atoms with E-state index < -0.39 is 17.0 Å². The van der Waals surface area contributed by atoms with E-state index in [2.05, 4.69) is 0 Å². The number of nitro groups is 1. The van der Waals surface area contributed by atoms with Gasteiger partial charge in [0.05, 0.1) is 10.5 Å². The summed E-state index contributed by atoms with van der Waals surface area (Å²) in [4.78, 5) is 39.7. The fourth-order valence-corrected chi connectivity index (χ4v) is 3.62. The molecule has 0 bridgehead atoms. The molecule has 0 saturated carbocycles. The number of rotatable bonds is 7. The zero-order chi connectivity index (χ0) is 21.0. The minimum atomic E-state index is -0.977. The van der Waals surface area contributed by atoms with Crippen molar-refractivity contribution in [2.24, 2.45) is 0 Å². The van der Waals surface area contributed by atoms with Gasteiger partial charge in [-0.15, -0.1) is 0 Å². The van der Waals surface area contributed by atoms with Gasteiger partial charge in [-0.25, -0.2) is 4.79 Å². The van der Waals surface area contributed by atoms with Crippen LogP contribution in [0.1, 0.15) is 57.8 Å². The first-order chi connectivity index (χ1) is 13.1. The molecule has 1 amide bonds. The molecule has 1 unspecified atom stereocenters. The van der Waals surface area contributed by atoms with Crippen LogP contribution in [-0.2, 0) is 9.53 Å². The smallest absolute Gasteiger partial charge is 0.339 e. The largest absolute Gasteiger partial charge is 0.449 e. The lowest BCUT2D eigenvalue weighted by Crippen LogP contribution is -2.47. The third-order valence-electron chi connectivity index (χ3n) is 4.85. The topological polar surface area (TPSA) is 93.0 Å². The van der Waals surface area contributed by atoms with Gasteiger partial charge in [0, 0.05) is 31.2 Å². The van der Waals surface area contributed by atoms with Gasteiger partial charge in [-0.2, -0.15) is 0 Å². The van der Waals surface area contributed by atoms with Gasteiger partial charge in [0.2, 0.25) is 0 Å². The van der Waals surface area contributed by atoms with Crippen LogP contribution in [0.5, 0.6) is 0 Å². The zero-order valence-electron chi connectivity index (χ0n) is 17.2. The number of carbonyl (C=O) groups is 2. The Hall–Kier alpha value is -2.64.